The van der Waals surface area contributed by atoms with Gasteiger partial charge in [-0.15, -0.1) is 0 Å². The van der Waals surface area contributed by atoms with Gasteiger partial charge in [0, 0.05) is 18.4 Å². The highest BCUT2D eigenvalue weighted by molar-refractivity contribution is 5.41. The second kappa shape index (κ2) is 5.95. The molecule has 4 heteroatoms. The van der Waals surface area contributed by atoms with E-state index in [9.17, 15) is 13.2 Å². The zero-order valence-corrected chi connectivity index (χ0v) is 11.1. The van der Waals surface area contributed by atoms with Crippen LogP contribution >= 0.6 is 0 Å². The third-order valence-corrected chi connectivity index (χ3v) is 3.78. The van der Waals surface area contributed by atoms with Gasteiger partial charge in [-0.2, -0.15) is 13.2 Å². The molecular weight excluding hydrogens is 251 g/mol. The average Bonchev–Trinajstić information content (AvgIpc) is 2.32. The van der Waals surface area contributed by atoms with Gasteiger partial charge in [0.05, 0.1) is 0 Å². The largest absolute Gasteiger partial charge is 0.389 e. The molecule has 1 aliphatic rings. The monoisotopic (exact) mass is 271 g/mol. The van der Waals surface area contributed by atoms with Crippen LogP contribution in [0.5, 0.6) is 0 Å². The van der Waals surface area contributed by atoms with Crippen molar-refractivity contribution in [3.8, 4) is 0 Å². The van der Waals surface area contributed by atoms with Gasteiger partial charge in [-0.25, -0.2) is 0 Å². The average molecular weight is 271 g/mol. The molecule has 0 heterocycles. The lowest BCUT2D eigenvalue weighted by Gasteiger charge is -2.37. The normalized spacial score (nSPS) is 19.7. The van der Waals surface area contributed by atoms with Gasteiger partial charge in [-0.1, -0.05) is 31.2 Å². The molecular formula is C15H20F3N. The molecule has 1 aliphatic carbocycles. The molecule has 0 saturated heterocycles. The molecule has 1 aromatic carbocycles. The maximum Gasteiger partial charge on any atom is 0.389 e. The highest BCUT2D eigenvalue weighted by atomic mass is 19.4. The van der Waals surface area contributed by atoms with Crippen molar-refractivity contribution in [2.24, 2.45) is 0 Å². The van der Waals surface area contributed by atoms with Gasteiger partial charge in [0.25, 0.3) is 0 Å². The number of hydrogen-bond acceptors (Lipinski definition) is 1. The first-order valence-electron chi connectivity index (χ1n) is 6.89. The van der Waals surface area contributed by atoms with Gasteiger partial charge in [0.1, 0.15) is 0 Å². The summed E-state index contributed by atoms with van der Waals surface area (Å²) in [6.07, 6.45) is -2.75. The highest BCUT2D eigenvalue weighted by Gasteiger charge is 2.35. The summed E-state index contributed by atoms with van der Waals surface area (Å²) >= 11 is 0. The van der Waals surface area contributed by atoms with Crippen LogP contribution in [0.1, 0.15) is 43.2 Å². The molecule has 0 aliphatic heterocycles. The van der Waals surface area contributed by atoms with Gasteiger partial charge in [-0.05, 0) is 36.9 Å². The first kappa shape index (κ1) is 14.4. The van der Waals surface area contributed by atoms with Crippen LogP contribution in [0.4, 0.5) is 13.2 Å². The first-order valence-corrected chi connectivity index (χ1v) is 6.89. The molecule has 1 N–H and O–H groups in total. The van der Waals surface area contributed by atoms with Crippen molar-refractivity contribution in [1.29, 1.82) is 0 Å². The first-order chi connectivity index (χ1) is 9.01. The molecule has 1 nitrogen and oxygen atoms in total. The van der Waals surface area contributed by atoms with Crippen molar-refractivity contribution >= 4 is 0 Å². The number of alkyl halides is 3. The summed E-state index contributed by atoms with van der Waals surface area (Å²) in [7, 11) is 0. The third kappa shape index (κ3) is 3.72. The van der Waals surface area contributed by atoms with E-state index in [0.717, 1.165) is 19.4 Å². The molecule has 0 aromatic heterocycles. The summed E-state index contributed by atoms with van der Waals surface area (Å²) in [5.41, 5.74) is 2.50. The van der Waals surface area contributed by atoms with Crippen LogP contribution in [0, 0.1) is 0 Å². The number of halogens is 3. The minimum absolute atomic E-state index is 0.0588. The van der Waals surface area contributed by atoms with Crippen molar-refractivity contribution in [3.63, 3.8) is 0 Å². The zero-order valence-electron chi connectivity index (χ0n) is 11.1. The van der Waals surface area contributed by atoms with Gasteiger partial charge in [0.2, 0.25) is 0 Å². The predicted octanol–water partition coefficient (Wildman–Crippen LogP) is 4.04. The Kier molecular flexibility index (Phi) is 4.50. The quantitative estimate of drug-likeness (QED) is 0.823. The van der Waals surface area contributed by atoms with E-state index < -0.39 is 12.6 Å². The minimum atomic E-state index is -4.06. The Hall–Kier alpha value is -1.03. The highest BCUT2D eigenvalue weighted by Crippen LogP contribution is 2.39. The van der Waals surface area contributed by atoms with Crippen LogP contribution in [0.15, 0.2) is 24.3 Å². The Balaban J connectivity index is 1.99. The molecule has 19 heavy (non-hydrogen) atoms. The zero-order chi connectivity index (χ0) is 13.9. The van der Waals surface area contributed by atoms with Crippen molar-refractivity contribution in [3.05, 3.63) is 35.4 Å². The smallest absolute Gasteiger partial charge is 0.313 e. The molecule has 0 fully saturated rings. The molecule has 0 spiro atoms. The van der Waals surface area contributed by atoms with Gasteiger partial charge < -0.3 is 5.32 Å². The molecule has 0 amide bonds. The van der Waals surface area contributed by atoms with Crippen molar-refractivity contribution < 1.29 is 13.2 Å². The molecule has 1 aromatic rings. The lowest BCUT2D eigenvalue weighted by atomic mass is 9.72. The minimum Gasteiger partial charge on any atom is -0.313 e. The Morgan fingerprint density at radius 1 is 1.32 bits per heavy atom. The molecule has 106 valence electrons. The third-order valence-electron chi connectivity index (χ3n) is 3.78. The van der Waals surface area contributed by atoms with Crippen molar-refractivity contribution in [2.45, 2.75) is 50.7 Å². The van der Waals surface area contributed by atoms with Crippen LogP contribution in [0.2, 0.25) is 0 Å². The fraction of sp³-hybridized carbons (Fsp3) is 0.600. The van der Waals surface area contributed by atoms with E-state index in [2.05, 4.69) is 11.4 Å². The van der Waals surface area contributed by atoms with Crippen LogP contribution in [0.3, 0.4) is 0 Å². The molecule has 2 atom stereocenters. The van der Waals surface area contributed by atoms with Gasteiger partial charge in [-0.3, -0.25) is 0 Å². The topological polar surface area (TPSA) is 12.0 Å². The van der Waals surface area contributed by atoms with Crippen molar-refractivity contribution in [2.75, 3.05) is 6.54 Å². The van der Waals surface area contributed by atoms with E-state index in [1.165, 1.54) is 11.1 Å². The van der Waals surface area contributed by atoms with E-state index in [0.29, 0.717) is 0 Å². The van der Waals surface area contributed by atoms with E-state index in [1.54, 1.807) is 0 Å². The van der Waals surface area contributed by atoms with E-state index in [4.69, 9.17) is 0 Å². The number of fused-ring (bicyclic) bond motifs is 1. The molecule has 0 bridgehead atoms. The molecule has 2 rings (SSSR count). The fourth-order valence-electron chi connectivity index (χ4n) is 2.75. The lowest BCUT2D eigenvalue weighted by molar-refractivity contribution is -0.137. The molecule has 0 saturated carbocycles. The Morgan fingerprint density at radius 3 is 2.68 bits per heavy atom. The van der Waals surface area contributed by atoms with Crippen LogP contribution in [0.25, 0.3) is 0 Å². The number of rotatable bonds is 6. The predicted molar refractivity (Wildman–Crippen MR) is 70.3 cm³/mol. The van der Waals surface area contributed by atoms with Gasteiger partial charge in [0.15, 0.2) is 0 Å². The lowest BCUT2D eigenvalue weighted by Crippen LogP contribution is -2.41. The van der Waals surface area contributed by atoms with Gasteiger partial charge >= 0.3 is 6.18 Å². The summed E-state index contributed by atoms with van der Waals surface area (Å²) in [6, 6.07) is 7.99. The Labute approximate surface area is 112 Å². The standard InChI is InChI=1S/C15H20F3N/c1-2-9-19-14(7-8-15(16,17)18)13-10-11-5-3-4-6-12(11)13/h3-6,13-14,19H,2,7-10H2,1H3. The number of benzene rings is 1. The molecule has 2 unspecified atom stereocenters. The maximum absolute atomic E-state index is 12.4. The van der Waals surface area contributed by atoms with E-state index in [-0.39, 0.29) is 18.4 Å². The second-order valence-corrected chi connectivity index (χ2v) is 5.22. The Morgan fingerprint density at radius 2 is 2.05 bits per heavy atom. The fourth-order valence-corrected chi connectivity index (χ4v) is 2.75. The van der Waals surface area contributed by atoms with E-state index >= 15 is 0 Å². The van der Waals surface area contributed by atoms with Crippen LogP contribution in [-0.4, -0.2) is 18.8 Å². The maximum atomic E-state index is 12.4. The van der Waals surface area contributed by atoms with Crippen LogP contribution < -0.4 is 5.32 Å². The van der Waals surface area contributed by atoms with Crippen molar-refractivity contribution in [1.82, 2.24) is 5.32 Å². The summed E-state index contributed by atoms with van der Waals surface area (Å²) < 4.78 is 37.2. The van der Waals surface area contributed by atoms with E-state index in [1.807, 2.05) is 25.1 Å². The number of hydrogen-bond donors (Lipinski definition) is 1. The summed E-state index contributed by atoms with van der Waals surface area (Å²) in [5.74, 6) is 0.241. The summed E-state index contributed by atoms with van der Waals surface area (Å²) in [6.45, 7) is 2.81. The molecule has 0 radical (unpaired) electrons. The Bertz CT molecular complexity index is 414. The SMILES string of the molecule is CCCNC(CCC(F)(F)F)C1Cc2ccccc21. The summed E-state index contributed by atoms with van der Waals surface area (Å²) in [4.78, 5) is 0. The number of nitrogens with one attached hydrogen (secondary N) is 1. The summed E-state index contributed by atoms with van der Waals surface area (Å²) in [5, 5.41) is 3.28. The van der Waals surface area contributed by atoms with Crippen LogP contribution in [-0.2, 0) is 6.42 Å². The second-order valence-electron chi connectivity index (χ2n) is 5.22.